The molecule has 0 aromatic rings. The molecule has 1 heterocycles. The molecule has 1 amide bonds. The van der Waals surface area contributed by atoms with Crippen LogP contribution in [0.15, 0.2) is 9.98 Å². The molecule has 0 aromatic carbocycles. The van der Waals surface area contributed by atoms with E-state index >= 15 is 0 Å². The van der Waals surface area contributed by atoms with E-state index in [-0.39, 0.29) is 5.91 Å². The lowest BCUT2D eigenvalue weighted by molar-refractivity contribution is -0.111. The Bertz CT molecular complexity index is 169. The second kappa shape index (κ2) is 1.86. The number of rotatable bonds is 1. The topological polar surface area (TPSA) is 41.8 Å². The van der Waals surface area contributed by atoms with Crippen LogP contribution in [0.25, 0.3) is 0 Å². The van der Waals surface area contributed by atoms with Crippen molar-refractivity contribution in [2.45, 2.75) is 13.3 Å². The van der Waals surface area contributed by atoms with Gasteiger partial charge >= 0.3 is 0 Å². The lowest BCUT2D eigenvalue weighted by atomic mass is 10.5. The maximum atomic E-state index is 10.3. The van der Waals surface area contributed by atoms with Gasteiger partial charge in [0.1, 0.15) is 5.84 Å². The molecular formula is C5H6N2O. The minimum atomic E-state index is -0.234. The van der Waals surface area contributed by atoms with Gasteiger partial charge < -0.3 is 0 Å². The standard InChI is InChI=1S/C5H6N2O/c1-2-4-6-3-5(8)7-4/h3H,2H2,1H3. The Kier molecular flexibility index (Phi) is 1.20. The molecule has 0 N–H and O–H groups in total. The fourth-order valence-electron chi connectivity index (χ4n) is 0.485. The third-order valence-corrected chi connectivity index (χ3v) is 0.879. The zero-order chi connectivity index (χ0) is 5.98. The summed E-state index contributed by atoms with van der Waals surface area (Å²) in [5.74, 6) is 0.400. The highest BCUT2D eigenvalue weighted by Gasteiger charge is 2.03. The van der Waals surface area contributed by atoms with Gasteiger partial charge in [0.05, 0.1) is 6.21 Å². The van der Waals surface area contributed by atoms with E-state index in [1.807, 2.05) is 6.92 Å². The van der Waals surface area contributed by atoms with Crippen molar-refractivity contribution >= 4 is 18.0 Å². The Hall–Kier alpha value is -0.990. The summed E-state index contributed by atoms with van der Waals surface area (Å²) in [7, 11) is 0. The smallest absolute Gasteiger partial charge is 0.266 e. The fourth-order valence-corrected chi connectivity index (χ4v) is 0.485. The monoisotopic (exact) mass is 110 g/mol. The number of amidine groups is 1. The van der Waals surface area contributed by atoms with Crippen LogP contribution in [0.5, 0.6) is 0 Å². The molecule has 42 valence electrons. The lowest BCUT2D eigenvalue weighted by Gasteiger charge is -1.80. The van der Waals surface area contributed by atoms with Gasteiger partial charge in [0.25, 0.3) is 5.91 Å². The number of hydrogen-bond donors (Lipinski definition) is 0. The highest BCUT2D eigenvalue weighted by molar-refractivity contribution is 6.34. The normalized spacial score (nSPS) is 17.1. The van der Waals surface area contributed by atoms with Crippen LogP contribution in [-0.2, 0) is 4.79 Å². The second-order valence-electron chi connectivity index (χ2n) is 1.48. The second-order valence-corrected chi connectivity index (χ2v) is 1.48. The average molecular weight is 110 g/mol. The van der Waals surface area contributed by atoms with Crippen LogP contribution in [0.1, 0.15) is 13.3 Å². The van der Waals surface area contributed by atoms with E-state index in [1.165, 1.54) is 6.21 Å². The van der Waals surface area contributed by atoms with E-state index in [9.17, 15) is 4.79 Å². The van der Waals surface area contributed by atoms with Gasteiger partial charge in [-0.1, -0.05) is 6.92 Å². The van der Waals surface area contributed by atoms with Gasteiger partial charge in [-0.2, -0.15) is 4.99 Å². The predicted molar refractivity (Wildman–Crippen MR) is 31.2 cm³/mol. The molecule has 0 aromatic heterocycles. The molecule has 8 heavy (non-hydrogen) atoms. The van der Waals surface area contributed by atoms with E-state index in [2.05, 4.69) is 9.98 Å². The Morgan fingerprint density at radius 1 is 1.75 bits per heavy atom. The van der Waals surface area contributed by atoms with Gasteiger partial charge in [-0.05, 0) is 0 Å². The lowest BCUT2D eigenvalue weighted by Crippen LogP contribution is -1.87. The predicted octanol–water partition coefficient (Wildman–Crippen LogP) is 0.406. The molecule has 0 fully saturated rings. The maximum Gasteiger partial charge on any atom is 0.289 e. The first-order valence-corrected chi connectivity index (χ1v) is 2.48. The summed E-state index contributed by atoms with van der Waals surface area (Å²) in [6.07, 6.45) is 1.97. The van der Waals surface area contributed by atoms with Crippen LogP contribution in [0.4, 0.5) is 0 Å². The van der Waals surface area contributed by atoms with E-state index in [0.717, 1.165) is 6.42 Å². The van der Waals surface area contributed by atoms with Gasteiger partial charge in [0.2, 0.25) is 0 Å². The zero-order valence-corrected chi connectivity index (χ0v) is 4.59. The minimum absolute atomic E-state index is 0.234. The third-order valence-electron chi connectivity index (χ3n) is 0.879. The van der Waals surface area contributed by atoms with Gasteiger partial charge in [-0.15, -0.1) is 0 Å². The van der Waals surface area contributed by atoms with Crippen LogP contribution in [-0.4, -0.2) is 18.0 Å². The summed E-state index contributed by atoms with van der Waals surface area (Å²) in [6.45, 7) is 1.91. The Labute approximate surface area is 47.1 Å². The first-order chi connectivity index (χ1) is 3.83. The zero-order valence-electron chi connectivity index (χ0n) is 4.59. The molecule has 0 unspecified atom stereocenters. The average Bonchev–Trinajstić information content (AvgIpc) is 2.14. The quantitative estimate of drug-likeness (QED) is 0.482. The van der Waals surface area contributed by atoms with Crippen molar-refractivity contribution in [3.8, 4) is 0 Å². The van der Waals surface area contributed by atoms with Crippen molar-refractivity contribution in [2.24, 2.45) is 9.98 Å². The molecule has 3 heteroatoms. The summed E-state index contributed by atoms with van der Waals surface area (Å²) in [6, 6.07) is 0. The molecule has 3 nitrogen and oxygen atoms in total. The van der Waals surface area contributed by atoms with Crippen LogP contribution >= 0.6 is 0 Å². The highest BCUT2D eigenvalue weighted by Crippen LogP contribution is 1.93. The van der Waals surface area contributed by atoms with Crippen LogP contribution in [0.2, 0.25) is 0 Å². The molecule has 0 spiro atoms. The van der Waals surface area contributed by atoms with Gasteiger partial charge in [0, 0.05) is 6.42 Å². The fraction of sp³-hybridized carbons (Fsp3) is 0.400. The summed E-state index contributed by atoms with van der Waals surface area (Å²) in [4.78, 5) is 17.5. The summed E-state index contributed by atoms with van der Waals surface area (Å²) in [5, 5.41) is 0. The van der Waals surface area contributed by atoms with Crippen molar-refractivity contribution in [1.29, 1.82) is 0 Å². The van der Waals surface area contributed by atoms with Crippen molar-refractivity contribution < 1.29 is 4.79 Å². The Balaban J connectivity index is 2.72. The highest BCUT2D eigenvalue weighted by atomic mass is 16.1. The Morgan fingerprint density at radius 3 is 2.75 bits per heavy atom. The van der Waals surface area contributed by atoms with Gasteiger partial charge in [-0.25, -0.2) is 4.99 Å². The summed E-state index contributed by atoms with van der Waals surface area (Å²) >= 11 is 0. The number of aliphatic imine (C=N–C) groups is 2. The van der Waals surface area contributed by atoms with Crippen molar-refractivity contribution in [1.82, 2.24) is 0 Å². The van der Waals surface area contributed by atoms with E-state index < -0.39 is 0 Å². The molecule has 0 bridgehead atoms. The summed E-state index contributed by atoms with van der Waals surface area (Å²) in [5.41, 5.74) is 0. The number of nitrogens with zero attached hydrogens (tertiary/aromatic N) is 2. The van der Waals surface area contributed by atoms with Crippen LogP contribution in [0.3, 0.4) is 0 Å². The maximum absolute atomic E-state index is 10.3. The van der Waals surface area contributed by atoms with E-state index in [1.54, 1.807) is 0 Å². The molecule has 0 atom stereocenters. The molecule has 1 aliphatic rings. The summed E-state index contributed by atoms with van der Waals surface area (Å²) < 4.78 is 0. The van der Waals surface area contributed by atoms with E-state index in [4.69, 9.17) is 0 Å². The van der Waals surface area contributed by atoms with Crippen molar-refractivity contribution in [2.75, 3.05) is 0 Å². The Morgan fingerprint density at radius 2 is 2.50 bits per heavy atom. The molecule has 0 radical (unpaired) electrons. The molecular weight excluding hydrogens is 104 g/mol. The number of carbonyl (C=O) groups excluding carboxylic acids is 1. The molecule has 0 saturated heterocycles. The third kappa shape index (κ3) is 0.804. The largest absolute Gasteiger partial charge is 0.289 e. The SMILES string of the molecule is CCC1=NC(=O)C=N1. The first kappa shape index (κ1) is 5.15. The van der Waals surface area contributed by atoms with E-state index in [0.29, 0.717) is 5.84 Å². The molecule has 1 rings (SSSR count). The number of amides is 1. The van der Waals surface area contributed by atoms with Crippen LogP contribution < -0.4 is 0 Å². The molecule has 1 aliphatic heterocycles. The van der Waals surface area contributed by atoms with Crippen molar-refractivity contribution in [3.63, 3.8) is 0 Å². The molecule has 0 saturated carbocycles. The first-order valence-electron chi connectivity index (χ1n) is 2.48. The number of carbonyl (C=O) groups is 1. The molecule has 0 aliphatic carbocycles. The van der Waals surface area contributed by atoms with Crippen LogP contribution in [0, 0.1) is 0 Å². The van der Waals surface area contributed by atoms with Gasteiger partial charge in [0.15, 0.2) is 0 Å². The minimum Gasteiger partial charge on any atom is -0.266 e. The number of hydrogen-bond acceptors (Lipinski definition) is 2. The van der Waals surface area contributed by atoms with Gasteiger partial charge in [-0.3, -0.25) is 4.79 Å². The van der Waals surface area contributed by atoms with Crippen molar-refractivity contribution in [3.05, 3.63) is 0 Å².